The number of rotatable bonds is 9. The normalized spacial score (nSPS) is 13.2. The lowest BCUT2D eigenvalue weighted by Gasteiger charge is -2.19. The van der Waals surface area contributed by atoms with E-state index in [1.807, 2.05) is 18.2 Å². The summed E-state index contributed by atoms with van der Waals surface area (Å²) in [5, 5.41) is 53.4. The molecule has 1 aliphatic rings. The average Bonchev–Trinajstić information content (AvgIpc) is 3.60. The average molecular weight is 581 g/mol. The molecule has 14 nitrogen and oxygen atoms in total. The number of benzene rings is 2. The van der Waals surface area contributed by atoms with E-state index in [-0.39, 0.29) is 24.1 Å². The van der Waals surface area contributed by atoms with Crippen molar-refractivity contribution >= 4 is 24.0 Å². The lowest BCUT2D eigenvalue weighted by molar-refractivity contribution is -0.140. The molecular formula is C29H28N10O4. The highest BCUT2D eigenvalue weighted by Gasteiger charge is 2.20. The number of carbonyl (C=O) groups excluding carboxylic acids is 1. The third-order valence-electron chi connectivity index (χ3n) is 6.47. The van der Waals surface area contributed by atoms with Gasteiger partial charge in [-0.3, -0.25) is 4.79 Å². The lowest BCUT2D eigenvalue weighted by Crippen LogP contribution is -2.03. The molecule has 2 aromatic heterocycles. The summed E-state index contributed by atoms with van der Waals surface area (Å²) in [6.45, 7) is 5.05. The van der Waals surface area contributed by atoms with Gasteiger partial charge in [0.2, 0.25) is 0 Å². The molecule has 0 amide bonds. The van der Waals surface area contributed by atoms with Gasteiger partial charge in [-0.05, 0) is 105 Å². The van der Waals surface area contributed by atoms with Crippen LogP contribution in [0.15, 0.2) is 76.0 Å². The van der Waals surface area contributed by atoms with E-state index in [0.717, 1.165) is 11.1 Å². The Hall–Kier alpha value is -5.79. The van der Waals surface area contributed by atoms with Gasteiger partial charge in [-0.2, -0.15) is 10.2 Å². The van der Waals surface area contributed by atoms with Crippen LogP contribution in [0.1, 0.15) is 53.7 Å². The fourth-order valence-corrected chi connectivity index (χ4v) is 4.38. The predicted molar refractivity (Wildman–Crippen MR) is 156 cm³/mol. The summed E-state index contributed by atoms with van der Waals surface area (Å²) in [5.74, 6) is 0.686. The Labute approximate surface area is 246 Å². The number of hydrogen-bond donors (Lipinski definition) is 2. The van der Waals surface area contributed by atoms with Crippen molar-refractivity contribution in [1.82, 2.24) is 40.6 Å². The summed E-state index contributed by atoms with van der Waals surface area (Å²) in [6.07, 6.45) is 10.1. The molecule has 0 atom stereocenters. The number of tetrazole rings is 2. The Morgan fingerprint density at radius 3 is 1.98 bits per heavy atom. The van der Waals surface area contributed by atoms with Gasteiger partial charge in [0, 0.05) is 24.5 Å². The number of allylic oxidation sites excluding steroid dienone is 4. The lowest BCUT2D eigenvalue weighted by atomic mass is 9.86. The molecule has 0 saturated heterocycles. The number of phenolic OH excluding ortho intramolecular Hbond substituents is 2. The quantitative estimate of drug-likeness (QED) is 0.221. The Morgan fingerprint density at radius 2 is 1.49 bits per heavy atom. The van der Waals surface area contributed by atoms with Crippen molar-refractivity contribution < 1.29 is 19.7 Å². The number of esters is 1. The van der Waals surface area contributed by atoms with Crippen LogP contribution in [-0.4, -0.2) is 75.9 Å². The van der Waals surface area contributed by atoms with Crippen molar-refractivity contribution in [1.29, 1.82) is 0 Å². The second-order valence-corrected chi connectivity index (χ2v) is 9.59. The maximum atomic E-state index is 11.3. The van der Waals surface area contributed by atoms with E-state index in [2.05, 4.69) is 41.3 Å². The molecule has 0 spiro atoms. The Balaban J connectivity index is 1.62. The highest BCUT2D eigenvalue weighted by molar-refractivity contribution is 5.93. The fraction of sp³-hybridized carbons (Fsp3) is 0.207. The molecule has 0 radical (unpaired) electrons. The van der Waals surface area contributed by atoms with Crippen molar-refractivity contribution in [2.75, 3.05) is 6.61 Å². The molecule has 43 heavy (non-hydrogen) atoms. The molecule has 218 valence electrons. The zero-order valence-corrected chi connectivity index (χ0v) is 23.7. The largest absolute Gasteiger partial charge is 0.507 e. The zero-order chi connectivity index (χ0) is 30.3. The number of hydrogen-bond acceptors (Lipinski definition) is 12. The molecule has 14 heteroatoms. The predicted octanol–water partition coefficient (Wildman–Crippen LogP) is 3.09. The summed E-state index contributed by atoms with van der Waals surface area (Å²) in [5.41, 5.74) is 4.64. The van der Waals surface area contributed by atoms with Gasteiger partial charge in [-0.15, -0.1) is 19.8 Å². The molecule has 0 unspecified atom stereocenters. The molecule has 4 aromatic rings. The second-order valence-electron chi connectivity index (χ2n) is 9.59. The van der Waals surface area contributed by atoms with Gasteiger partial charge < -0.3 is 14.9 Å². The number of carbonyl (C=O) groups is 1. The molecule has 2 aromatic carbocycles. The van der Waals surface area contributed by atoms with Crippen LogP contribution in [-0.2, 0) is 9.53 Å². The first-order valence-corrected chi connectivity index (χ1v) is 13.3. The van der Waals surface area contributed by atoms with Crippen LogP contribution in [0.25, 0.3) is 5.57 Å². The van der Waals surface area contributed by atoms with Crippen LogP contribution in [0.4, 0.5) is 0 Å². The van der Waals surface area contributed by atoms with E-state index < -0.39 is 0 Å². The summed E-state index contributed by atoms with van der Waals surface area (Å²) < 4.78 is 5.14. The minimum Gasteiger partial charge on any atom is -0.507 e. The van der Waals surface area contributed by atoms with E-state index in [0.29, 0.717) is 52.3 Å². The third-order valence-corrected chi connectivity index (χ3v) is 6.47. The number of aromatic hydroxyl groups is 2. The first kappa shape index (κ1) is 28.7. The summed E-state index contributed by atoms with van der Waals surface area (Å²) in [4.78, 5) is 13.9. The minimum atomic E-state index is -0.350. The highest BCUT2D eigenvalue weighted by atomic mass is 16.5. The second kappa shape index (κ2) is 12.8. The van der Waals surface area contributed by atoms with Gasteiger partial charge in [0.1, 0.15) is 11.5 Å². The standard InChI is InChI=1S/C29H28N10O4/c1-18-32-34-36-38(18)30-16-22-7-9-27(41)25(14-22)29(24-6-4-5-21(13-24)11-12-43-20(3)40)26-15-23(8-10-28(26)42)17-31-39-19(2)33-35-37-39/h4-5,7-10,13-17,41-42H,6,11-12H2,1-3H3/b30-16+,31-17+. The Bertz CT molecular complexity index is 1710. The van der Waals surface area contributed by atoms with Crippen LogP contribution >= 0.6 is 0 Å². The van der Waals surface area contributed by atoms with Crippen LogP contribution in [0.2, 0.25) is 0 Å². The molecule has 5 rings (SSSR count). The Kier molecular flexibility index (Phi) is 8.55. The summed E-state index contributed by atoms with van der Waals surface area (Å²) in [7, 11) is 0. The van der Waals surface area contributed by atoms with Crippen LogP contribution in [0.5, 0.6) is 11.5 Å². The number of aromatic nitrogens is 8. The van der Waals surface area contributed by atoms with Gasteiger partial charge in [0.05, 0.1) is 19.0 Å². The van der Waals surface area contributed by atoms with Gasteiger partial charge in [-0.25, -0.2) is 0 Å². The van der Waals surface area contributed by atoms with Crippen molar-refractivity contribution in [3.8, 4) is 11.5 Å². The minimum absolute atomic E-state index is 0.00505. The van der Waals surface area contributed by atoms with Gasteiger partial charge in [0.25, 0.3) is 0 Å². The molecular weight excluding hydrogens is 552 g/mol. The van der Waals surface area contributed by atoms with E-state index in [1.165, 1.54) is 16.5 Å². The summed E-state index contributed by atoms with van der Waals surface area (Å²) in [6, 6.07) is 10.1. The topological polar surface area (TPSA) is 179 Å². The zero-order valence-electron chi connectivity index (χ0n) is 23.7. The van der Waals surface area contributed by atoms with Crippen molar-refractivity contribution in [3.63, 3.8) is 0 Å². The molecule has 0 fully saturated rings. The smallest absolute Gasteiger partial charge is 0.302 e. The van der Waals surface area contributed by atoms with E-state index >= 15 is 0 Å². The molecule has 1 aliphatic carbocycles. The molecule has 0 aliphatic heterocycles. The maximum absolute atomic E-state index is 11.3. The van der Waals surface area contributed by atoms with E-state index in [1.54, 1.807) is 62.7 Å². The molecule has 2 heterocycles. The van der Waals surface area contributed by atoms with E-state index in [9.17, 15) is 15.0 Å². The van der Waals surface area contributed by atoms with Crippen molar-refractivity contribution in [2.24, 2.45) is 10.2 Å². The number of aryl methyl sites for hydroxylation is 2. The van der Waals surface area contributed by atoms with Crippen LogP contribution in [0, 0.1) is 13.8 Å². The number of phenols is 2. The van der Waals surface area contributed by atoms with Gasteiger partial charge in [0.15, 0.2) is 11.6 Å². The molecule has 2 N–H and O–H groups in total. The van der Waals surface area contributed by atoms with Gasteiger partial charge >= 0.3 is 5.97 Å². The van der Waals surface area contributed by atoms with Crippen molar-refractivity contribution in [2.45, 2.75) is 33.6 Å². The SMILES string of the molecule is CC(=O)OCCC1=CC(=C(c2cc(/C=N/n3nnnc3C)ccc2O)c2cc(/C=N/n3nnnc3C)ccc2O)CC=C1. The third kappa shape index (κ3) is 6.93. The molecule has 0 bridgehead atoms. The first-order valence-electron chi connectivity index (χ1n) is 13.3. The number of ether oxygens (including phenoxy) is 1. The van der Waals surface area contributed by atoms with Crippen LogP contribution in [0.3, 0.4) is 0 Å². The monoisotopic (exact) mass is 580 g/mol. The molecule has 0 saturated carbocycles. The first-order chi connectivity index (χ1) is 20.8. The maximum Gasteiger partial charge on any atom is 0.302 e. The highest BCUT2D eigenvalue weighted by Crippen LogP contribution is 2.40. The van der Waals surface area contributed by atoms with Gasteiger partial charge in [-0.1, -0.05) is 18.2 Å². The van der Waals surface area contributed by atoms with Crippen LogP contribution < -0.4 is 0 Å². The van der Waals surface area contributed by atoms with Crippen molar-refractivity contribution in [3.05, 3.63) is 99.7 Å². The summed E-state index contributed by atoms with van der Waals surface area (Å²) >= 11 is 0. The Morgan fingerprint density at radius 1 is 0.930 bits per heavy atom. The fourth-order valence-electron chi connectivity index (χ4n) is 4.38. The number of nitrogens with zero attached hydrogens (tertiary/aromatic N) is 10. The van der Waals surface area contributed by atoms with E-state index in [4.69, 9.17) is 4.74 Å².